The first kappa shape index (κ1) is 14.9. The molecule has 1 N–H and O–H groups in total. The van der Waals surface area contributed by atoms with Crippen molar-refractivity contribution in [1.82, 2.24) is 15.3 Å². The van der Waals surface area contributed by atoms with Gasteiger partial charge in [0, 0.05) is 23.8 Å². The maximum atomic E-state index is 13.6. The first-order valence-corrected chi connectivity index (χ1v) is 7.45. The Morgan fingerprint density at radius 1 is 1.20 bits per heavy atom. The van der Waals surface area contributed by atoms with Crippen molar-refractivity contribution < 1.29 is 4.39 Å². The fourth-order valence-electron chi connectivity index (χ4n) is 1.73. The van der Waals surface area contributed by atoms with Gasteiger partial charge < -0.3 is 5.32 Å². The Kier molecular flexibility index (Phi) is 5.49. The van der Waals surface area contributed by atoms with E-state index in [1.807, 2.05) is 13.0 Å². The molecule has 0 saturated carbocycles. The average molecular weight is 291 g/mol. The third kappa shape index (κ3) is 4.58. The minimum absolute atomic E-state index is 0.226. The Balaban J connectivity index is 2.09. The largest absolute Gasteiger partial charge is 0.313 e. The molecule has 1 aromatic heterocycles. The molecule has 20 heavy (non-hydrogen) atoms. The summed E-state index contributed by atoms with van der Waals surface area (Å²) in [6.07, 6.45) is 4.59. The summed E-state index contributed by atoms with van der Waals surface area (Å²) in [5, 5.41) is 3.90. The van der Waals surface area contributed by atoms with Gasteiger partial charge in [0.05, 0.1) is 0 Å². The van der Waals surface area contributed by atoms with E-state index in [1.54, 1.807) is 18.5 Å². The molecule has 0 aliphatic heterocycles. The van der Waals surface area contributed by atoms with Crippen LogP contribution >= 0.6 is 11.8 Å². The van der Waals surface area contributed by atoms with Crippen LogP contribution in [-0.4, -0.2) is 16.5 Å². The topological polar surface area (TPSA) is 37.8 Å². The molecule has 2 aromatic rings. The van der Waals surface area contributed by atoms with Crippen molar-refractivity contribution in [3.05, 3.63) is 47.5 Å². The standard InChI is InChI=1S/C15H18FN3S/c1-3-4-17-10-12-5-13(16)7-14(6-12)20-15-18-8-11(2)9-19-15/h5-9,17H,3-4,10H2,1-2H3. The normalized spacial score (nSPS) is 10.8. The first-order chi connectivity index (χ1) is 9.67. The van der Waals surface area contributed by atoms with Crippen LogP contribution in [0.4, 0.5) is 4.39 Å². The zero-order valence-electron chi connectivity index (χ0n) is 11.7. The second-order valence-electron chi connectivity index (χ2n) is 4.62. The van der Waals surface area contributed by atoms with Gasteiger partial charge in [-0.2, -0.15) is 0 Å². The lowest BCUT2D eigenvalue weighted by atomic mass is 10.2. The van der Waals surface area contributed by atoms with Gasteiger partial charge in [0.25, 0.3) is 0 Å². The summed E-state index contributed by atoms with van der Waals surface area (Å²) in [5.74, 6) is -0.226. The molecule has 0 amide bonds. The maximum absolute atomic E-state index is 13.6. The van der Waals surface area contributed by atoms with Gasteiger partial charge in [0.15, 0.2) is 5.16 Å². The van der Waals surface area contributed by atoms with Crippen molar-refractivity contribution in [2.75, 3.05) is 6.54 Å². The Morgan fingerprint density at radius 2 is 1.95 bits per heavy atom. The minimum atomic E-state index is -0.226. The molecule has 2 rings (SSSR count). The van der Waals surface area contributed by atoms with Gasteiger partial charge in [-0.15, -0.1) is 0 Å². The summed E-state index contributed by atoms with van der Waals surface area (Å²) in [6, 6.07) is 5.04. The van der Waals surface area contributed by atoms with E-state index in [0.29, 0.717) is 11.7 Å². The number of benzene rings is 1. The highest BCUT2D eigenvalue weighted by Crippen LogP contribution is 2.26. The summed E-state index contributed by atoms with van der Waals surface area (Å²) in [6.45, 7) is 5.65. The number of aryl methyl sites for hydroxylation is 1. The summed E-state index contributed by atoms with van der Waals surface area (Å²) < 4.78 is 13.6. The molecule has 0 unspecified atom stereocenters. The number of nitrogens with one attached hydrogen (secondary N) is 1. The molecular weight excluding hydrogens is 273 g/mol. The van der Waals surface area contributed by atoms with Crippen LogP contribution in [0.3, 0.4) is 0 Å². The number of rotatable bonds is 6. The Hall–Kier alpha value is -1.46. The van der Waals surface area contributed by atoms with Crippen LogP contribution < -0.4 is 5.32 Å². The van der Waals surface area contributed by atoms with Crippen LogP contribution in [0.25, 0.3) is 0 Å². The number of halogens is 1. The molecule has 0 spiro atoms. The summed E-state index contributed by atoms with van der Waals surface area (Å²) in [5.41, 5.74) is 1.95. The monoisotopic (exact) mass is 291 g/mol. The number of hydrogen-bond acceptors (Lipinski definition) is 4. The van der Waals surface area contributed by atoms with Crippen LogP contribution in [-0.2, 0) is 6.54 Å². The van der Waals surface area contributed by atoms with Crippen molar-refractivity contribution in [3.8, 4) is 0 Å². The van der Waals surface area contributed by atoms with Crippen molar-refractivity contribution in [1.29, 1.82) is 0 Å². The van der Waals surface area contributed by atoms with Gasteiger partial charge in [-0.3, -0.25) is 0 Å². The molecule has 3 nitrogen and oxygen atoms in total. The van der Waals surface area contributed by atoms with E-state index >= 15 is 0 Å². The third-order valence-electron chi connectivity index (χ3n) is 2.65. The lowest BCUT2D eigenvalue weighted by molar-refractivity contribution is 0.615. The zero-order chi connectivity index (χ0) is 14.4. The predicted molar refractivity (Wildman–Crippen MR) is 79.3 cm³/mol. The lowest BCUT2D eigenvalue weighted by Crippen LogP contribution is -2.13. The molecule has 0 saturated heterocycles. The van der Waals surface area contributed by atoms with Crippen LogP contribution in [0.2, 0.25) is 0 Å². The molecule has 0 aliphatic rings. The Morgan fingerprint density at radius 3 is 2.65 bits per heavy atom. The summed E-state index contributed by atoms with van der Waals surface area (Å²) >= 11 is 1.37. The van der Waals surface area contributed by atoms with Gasteiger partial charge in [-0.25, -0.2) is 14.4 Å². The highest BCUT2D eigenvalue weighted by Gasteiger charge is 2.05. The summed E-state index contributed by atoms with van der Waals surface area (Å²) in [7, 11) is 0. The molecule has 106 valence electrons. The molecule has 0 atom stereocenters. The van der Waals surface area contributed by atoms with Crippen molar-refractivity contribution in [3.63, 3.8) is 0 Å². The van der Waals surface area contributed by atoms with E-state index < -0.39 is 0 Å². The van der Waals surface area contributed by atoms with Crippen molar-refractivity contribution in [2.45, 2.75) is 36.9 Å². The molecule has 0 fully saturated rings. The van der Waals surface area contributed by atoms with Crippen LogP contribution in [0.15, 0.2) is 40.6 Å². The third-order valence-corrected chi connectivity index (χ3v) is 3.52. The van der Waals surface area contributed by atoms with E-state index in [1.165, 1.54) is 17.8 Å². The minimum Gasteiger partial charge on any atom is -0.313 e. The van der Waals surface area contributed by atoms with E-state index in [0.717, 1.165) is 29.0 Å². The first-order valence-electron chi connectivity index (χ1n) is 6.64. The number of hydrogen-bond donors (Lipinski definition) is 1. The molecule has 1 aromatic carbocycles. The highest BCUT2D eigenvalue weighted by molar-refractivity contribution is 7.99. The molecule has 1 heterocycles. The molecule has 0 bridgehead atoms. The fraction of sp³-hybridized carbons (Fsp3) is 0.333. The van der Waals surface area contributed by atoms with Crippen LogP contribution in [0.1, 0.15) is 24.5 Å². The molecule has 0 radical (unpaired) electrons. The Labute approximate surface area is 123 Å². The van der Waals surface area contributed by atoms with E-state index in [2.05, 4.69) is 22.2 Å². The highest BCUT2D eigenvalue weighted by atomic mass is 32.2. The van der Waals surface area contributed by atoms with Gasteiger partial charge in [0.1, 0.15) is 5.82 Å². The molecular formula is C15H18FN3S. The second-order valence-corrected chi connectivity index (χ2v) is 5.66. The SMILES string of the molecule is CCCNCc1cc(F)cc(Sc2ncc(C)cn2)c1. The second kappa shape index (κ2) is 7.36. The lowest BCUT2D eigenvalue weighted by Gasteiger charge is -2.06. The van der Waals surface area contributed by atoms with Crippen molar-refractivity contribution in [2.24, 2.45) is 0 Å². The van der Waals surface area contributed by atoms with Crippen molar-refractivity contribution >= 4 is 11.8 Å². The van der Waals surface area contributed by atoms with E-state index in [-0.39, 0.29) is 5.82 Å². The predicted octanol–water partition coefficient (Wildman–Crippen LogP) is 3.57. The van der Waals surface area contributed by atoms with E-state index in [9.17, 15) is 4.39 Å². The average Bonchev–Trinajstić information content (AvgIpc) is 2.41. The smallest absolute Gasteiger partial charge is 0.192 e. The molecule has 5 heteroatoms. The zero-order valence-corrected chi connectivity index (χ0v) is 12.5. The van der Waals surface area contributed by atoms with Crippen LogP contribution in [0, 0.1) is 12.7 Å². The van der Waals surface area contributed by atoms with Gasteiger partial charge in [0.2, 0.25) is 0 Å². The van der Waals surface area contributed by atoms with E-state index in [4.69, 9.17) is 0 Å². The van der Waals surface area contributed by atoms with Crippen LogP contribution in [0.5, 0.6) is 0 Å². The number of nitrogens with zero attached hydrogens (tertiary/aromatic N) is 2. The quantitative estimate of drug-likeness (QED) is 0.652. The fourth-order valence-corrected chi connectivity index (χ4v) is 2.53. The Bertz CT molecular complexity index is 558. The summed E-state index contributed by atoms with van der Waals surface area (Å²) in [4.78, 5) is 9.27. The molecule has 0 aliphatic carbocycles. The van der Waals surface area contributed by atoms with Gasteiger partial charge in [-0.05, 0) is 61.0 Å². The number of aromatic nitrogens is 2. The maximum Gasteiger partial charge on any atom is 0.192 e. The van der Waals surface area contributed by atoms with Gasteiger partial charge >= 0.3 is 0 Å². The van der Waals surface area contributed by atoms with Gasteiger partial charge in [-0.1, -0.05) is 6.92 Å².